The maximum Gasteiger partial charge on any atom is 0.324 e. The van der Waals surface area contributed by atoms with Gasteiger partial charge in [0.1, 0.15) is 5.82 Å². The first-order valence-corrected chi connectivity index (χ1v) is 4.19. The largest absolute Gasteiger partial charge is 0.341 e. The summed E-state index contributed by atoms with van der Waals surface area (Å²) in [6.07, 6.45) is 2.48. The fourth-order valence-corrected chi connectivity index (χ4v) is 0.851. The second kappa shape index (κ2) is 5.06. The number of anilines is 1. The molecular weight excluding hydrogens is 222 g/mol. The van der Waals surface area contributed by atoms with Crippen LogP contribution < -0.4 is 5.32 Å². The summed E-state index contributed by atoms with van der Waals surface area (Å²) in [4.78, 5) is 23.5. The van der Waals surface area contributed by atoms with Gasteiger partial charge in [0.2, 0.25) is 6.29 Å². The third-order valence-electron chi connectivity index (χ3n) is 1.43. The molecule has 0 unspecified atom stereocenters. The van der Waals surface area contributed by atoms with Crippen molar-refractivity contribution in [3.63, 3.8) is 0 Å². The van der Waals surface area contributed by atoms with E-state index < -0.39 is 10.6 Å². The van der Waals surface area contributed by atoms with E-state index in [1.165, 1.54) is 12.3 Å². The lowest BCUT2D eigenvalue weighted by molar-refractivity contribution is -0.417. The van der Waals surface area contributed by atoms with Gasteiger partial charge in [0.05, 0.1) is 16.1 Å². The van der Waals surface area contributed by atoms with Crippen LogP contribution >= 0.6 is 11.6 Å². The molecule has 15 heavy (non-hydrogen) atoms. The van der Waals surface area contributed by atoms with Crippen molar-refractivity contribution in [2.24, 2.45) is 0 Å². The van der Waals surface area contributed by atoms with Crippen LogP contribution in [0.1, 0.15) is 0 Å². The van der Waals surface area contributed by atoms with Crippen molar-refractivity contribution >= 4 is 23.7 Å². The van der Waals surface area contributed by atoms with E-state index in [1.807, 2.05) is 0 Å². The fraction of sp³-hybridized carbons (Fsp3) is 0. The highest BCUT2D eigenvalue weighted by Gasteiger charge is 2.07. The number of nitrogens with one attached hydrogen (secondary N) is 1. The van der Waals surface area contributed by atoms with Crippen molar-refractivity contribution in [2.75, 3.05) is 5.32 Å². The van der Waals surface area contributed by atoms with E-state index in [9.17, 15) is 14.9 Å². The number of rotatable bonds is 4. The average molecular weight is 228 g/mol. The molecular formula is C8H6ClN3O3. The Kier molecular flexibility index (Phi) is 3.75. The molecule has 0 bridgehead atoms. The van der Waals surface area contributed by atoms with E-state index in [0.29, 0.717) is 10.8 Å². The van der Waals surface area contributed by atoms with Gasteiger partial charge in [-0.2, -0.15) is 0 Å². The van der Waals surface area contributed by atoms with Crippen LogP contribution in [0.15, 0.2) is 30.2 Å². The molecule has 0 spiro atoms. The lowest BCUT2D eigenvalue weighted by Crippen LogP contribution is -2.03. The molecule has 1 N–H and O–H groups in total. The highest BCUT2D eigenvalue weighted by molar-refractivity contribution is 6.30. The maximum atomic E-state index is 10.2. The summed E-state index contributed by atoms with van der Waals surface area (Å²) in [5.41, 5.74) is -0.577. The van der Waals surface area contributed by atoms with E-state index in [-0.39, 0.29) is 6.29 Å². The van der Waals surface area contributed by atoms with E-state index in [1.54, 1.807) is 6.07 Å². The van der Waals surface area contributed by atoms with E-state index >= 15 is 0 Å². The first-order chi connectivity index (χ1) is 7.13. The highest BCUT2D eigenvalue weighted by atomic mass is 35.5. The molecule has 78 valence electrons. The van der Waals surface area contributed by atoms with Crippen LogP contribution in [-0.4, -0.2) is 16.2 Å². The van der Waals surface area contributed by atoms with Gasteiger partial charge in [0.25, 0.3) is 0 Å². The zero-order valence-electron chi connectivity index (χ0n) is 7.38. The molecule has 0 aliphatic heterocycles. The van der Waals surface area contributed by atoms with Crippen LogP contribution in [0.4, 0.5) is 5.82 Å². The van der Waals surface area contributed by atoms with Crippen molar-refractivity contribution < 1.29 is 9.72 Å². The van der Waals surface area contributed by atoms with Crippen LogP contribution in [0.25, 0.3) is 0 Å². The predicted octanol–water partition coefficient (Wildman–Crippen LogP) is 1.46. The van der Waals surface area contributed by atoms with Crippen molar-refractivity contribution in [1.29, 1.82) is 0 Å². The normalized spacial score (nSPS) is 10.9. The number of halogens is 1. The van der Waals surface area contributed by atoms with Crippen LogP contribution in [0, 0.1) is 10.1 Å². The molecule has 0 saturated heterocycles. The molecule has 1 aromatic heterocycles. The number of nitro groups is 1. The molecule has 1 aromatic rings. The number of aromatic nitrogens is 1. The van der Waals surface area contributed by atoms with Crippen LogP contribution in [0.2, 0.25) is 5.02 Å². The second-order valence-electron chi connectivity index (χ2n) is 2.45. The minimum atomic E-state index is -0.796. The van der Waals surface area contributed by atoms with Gasteiger partial charge in [-0.25, -0.2) is 4.98 Å². The highest BCUT2D eigenvalue weighted by Crippen LogP contribution is 2.09. The standard InChI is InChI=1S/C8H6ClN3O3/c9-6-1-2-8(10-3-6)11-4-7(5-13)12(14)15/h1-5H,(H,10,11)/b7-4+. The molecule has 0 fully saturated rings. The van der Waals surface area contributed by atoms with E-state index in [4.69, 9.17) is 11.6 Å². The lowest BCUT2D eigenvalue weighted by atomic mass is 10.4. The number of pyridine rings is 1. The first kappa shape index (κ1) is 11.1. The van der Waals surface area contributed by atoms with Crippen molar-refractivity contribution in [3.05, 3.63) is 45.4 Å². The van der Waals surface area contributed by atoms with Gasteiger partial charge in [0.15, 0.2) is 0 Å². The minimum Gasteiger partial charge on any atom is -0.341 e. The quantitative estimate of drug-likeness (QED) is 0.364. The zero-order chi connectivity index (χ0) is 11.3. The number of carbonyl (C=O) groups is 1. The Hall–Kier alpha value is -1.95. The third-order valence-corrected chi connectivity index (χ3v) is 1.65. The molecule has 6 nitrogen and oxygen atoms in total. The Morgan fingerprint density at radius 2 is 2.33 bits per heavy atom. The Morgan fingerprint density at radius 3 is 2.80 bits per heavy atom. The van der Waals surface area contributed by atoms with Gasteiger partial charge >= 0.3 is 5.70 Å². The predicted molar refractivity (Wildman–Crippen MR) is 54.0 cm³/mol. The summed E-state index contributed by atoms with van der Waals surface area (Å²) < 4.78 is 0. The molecule has 0 aromatic carbocycles. The fourth-order valence-electron chi connectivity index (χ4n) is 0.739. The molecule has 0 atom stereocenters. The van der Waals surface area contributed by atoms with E-state index in [2.05, 4.69) is 10.3 Å². The molecule has 1 heterocycles. The Morgan fingerprint density at radius 1 is 1.60 bits per heavy atom. The van der Waals surface area contributed by atoms with Gasteiger partial charge in [-0.1, -0.05) is 11.6 Å². The summed E-state index contributed by atoms with van der Waals surface area (Å²) in [5, 5.41) is 13.2. The van der Waals surface area contributed by atoms with Crippen molar-refractivity contribution in [3.8, 4) is 0 Å². The third kappa shape index (κ3) is 3.35. The molecule has 1 rings (SSSR count). The number of hydrogen-bond donors (Lipinski definition) is 1. The summed E-state index contributed by atoms with van der Waals surface area (Å²) in [7, 11) is 0. The molecule has 0 aliphatic rings. The number of allylic oxidation sites excluding steroid dienone is 1. The smallest absolute Gasteiger partial charge is 0.324 e. The van der Waals surface area contributed by atoms with Gasteiger partial charge in [-0.05, 0) is 12.1 Å². The van der Waals surface area contributed by atoms with Gasteiger partial charge in [-0.15, -0.1) is 0 Å². The summed E-state index contributed by atoms with van der Waals surface area (Å²) >= 11 is 5.58. The number of nitrogens with zero attached hydrogens (tertiary/aromatic N) is 2. The maximum absolute atomic E-state index is 10.2. The number of aldehydes is 1. The Balaban J connectivity index is 2.74. The van der Waals surface area contributed by atoms with Gasteiger partial charge < -0.3 is 5.32 Å². The van der Waals surface area contributed by atoms with Crippen molar-refractivity contribution in [2.45, 2.75) is 0 Å². The van der Waals surface area contributed by atoms with Gasteiger partial charge in [0, 0.05) is 6.20 Å². The minimum absolute atomic E-state index is 0.142. The number of carbonyl (C=O) groups excluding carboxylic acids is 1. The Labute approximate surface area is 89.7 Å². The van der Waals surface area contributed by atoms with Crippen LogP contribution in [0.3, 0.4) is 0 Å². The lowest BCUT2D eigenvalue weighted by Gasteiger charge is -1.97. The average Bonchev–Trinajstić information content (AvgIpc) is 2.21. The summed E-state index contributed by atoms with van der Waals surface area (Å²) in [6.45, 7) is 0. The first-order valence-electron chi connectivity index (χ1n) is 3.81. The second-order valence-corrected chi connectivity index (χ2v) is 2.89. The Bertz CT molecular complexity index is 402. The van der Waals surface area contributed by atoms with Crippen LogP contribution in [-0.2, 0) is 4.79 Å². The van der Waals surface area contributed by atoms with E-state index in [0.717, 1.165) is 6.20 Å². The zero-order valence-corrected chi connectivity index (χ0v) is 8.14. The molecule has 0 aliphatic carbocycles. The van der Waals surface area contributed by atoms with Gasteiger partial charge in [-0.3, -0.25) is 14.9 Å². The molecule has 0 saturated carbocycles. The molecule has 0 amide bonds. The summed E-state index contributed by atoms with van der Waals surface area (Å²) in [5.74, 6) is 0.362. The topological polar surface area (TPSA) is 85.1 Å². The summed E-state index contributed by atoms with van der Waals surface area (Å²) in [6, 6.07) is 3.10. The van der Waals surface area contributed by atoms with Crippen molar-refractivity contribution in [1.82, 2.24) is 4.98 Å². The SMILES string of the molecule is O=C/C(=C\Nc1ccc(Cl)cn1)[N+](=O)[O-]. The number of hydrogen-bond acceptors (Lipinski definition) is 5. The monoisotopic (exact) mass is 227 g/mol. The molecule has 7 heteroatoms. The molecule has 0 radical (unpaired) electrons. The van der Waals surface area contributed by atoms with Crippen LogP contribution in [0.5, 0.6) is 0 Å².